The molecule has 0 spiro atoms. The molecule has 0 amide bonds. The number of hydrogen-bond acceptors (Lipinski definition) is 6. The molecule has 3 aromatic rings. The maximum atomic E-state index is 13.4. The van der Waals surface area contributed by atoms with Crippen LogP contribution in [0.25, 0.3) is 22.3 Å². The molecule has 4 heterocycles. The van der Waals surface area contributed by atoms with Crippen LogP contribution >= 0.6 is 0 Å². The van der Waals surface area contributed by atoms with Gasteiger partial charge in [-0.3, -0.25) is 4.79 Å². The third-order valence-electron chi connectivity index (χ3n) is 6.96. The van der Waals surface area contributed by atoms with Crippen LogP contribution < -0.4 is 10.3 Å². The summed E-state index contributed by atoms with van der Waals surface area (Å²) >= 11 is 0. The van der Waals surface area contributed by atoms with Crippen molar-refractivity contribution in [1.29, 1.82) is 0 Å². The summed E-state index contributed by atoms with van der Waals surface area (Å²) in [6.45, 7) is 6.18. The molecule has 0 aliphatic carbocycles. The molecule has 0 unspecified atom stereocenters. The average Bonchev–Trinajstić information content (AvgIpc) is 3.18. The molecule has 0 saturated heterocycles. The molecule has 32 heavy (non-hydrogen) atoms. The fourth-order valence-corrected chi connectivity index (χ4v) is 5.25. The number of carbonyl (C=O) groups is 1. The number of aryl methyl sites for hydroxylation is 2. The van der Waals surface area contributed by atoms with Crippen LogP contribution in [-0.2, 0) is 41.1 Å². The number of fused-ring (bicyclic) bond motifs is 5. The molecule has 1 atom stereocenters. The van der Waals surface area contributed by atoms with Gasteiger partial charge in [0.2, 0.25) is 0 Å². The highest BCUT2D eigenvalue weighted by Gasteiger charge is 2.45. The lowest BCUT2D eigenvalue weighted by molar-refractivity contribution is -0.172. The second kappa shape index (κ2) is 7.17. The second-order valence-corrected chi connectivity index (χ2v) is 8.37. The Hall–Kier alpha value is -3.19. The summed E-state index contributed by atoms with van der Waals surface area (Å²) in [4.78, 5) is 30.7. The first-order valence-electron chi connectivity index (χ1n) is 11.1. The van der Waals surface area contributed by atoms with Gasteiger partial charge < -0.3 is 19.1 Å². The maximum Gasteiger partial charge on any atom is 0.343 e. The zero-order chi connectivity index (χ0) is 22.8. The largest absolute Gasteiger partial charge is 0.496 e. The SMILES string of the molecule is CCc1c(OC)ccc2nc3c(c(CC)c12)Cn1c-3cc2c(c1=O)COC(=O)[C@]2(O)CC. The van der Waals surface area contributed by atoms with E-state index in [4.69, 9.17) is 14.5 Å². The van der Waals surface area contributed by atoms with Gasteiger partial charge in [0.25, 0.3) is 5.56 Å². The minimum atomic E-state index is -1.82. The lowest BCUT2D eigenvalue weighted by Crippen LogP contribution is -2.44. The number of pyridine rings is 2. The Bertz CT molecular complexity index is 1360. The van der Waals surface area contributed by atoms with Crippen LogP contribution in [0.3, 0.4) is 0 Å². The highest BCUT2D eigenvalue weighted by Crippen LogP contribution is 2.42. The zero-order valence-corrected chi connectivity index (χ0v) is 18.7. The van der Waals surface area contributed by atoms with E-state index in [1.54, 1.807) is 24.7 Å². The molecule has 0 saturated carbocycles. The Kier molecular flexibility index (Phi) is 4.64. The Morgan fingerprint density at radius 2 is 1.91 bits per heavy atom. The van der Waals surface area contributed by atoms with Crippen LogP contribution in [0.1, 0.15) is 55.0 Å². The Morgan fingerprint density at radius 1 is 1.16 bits per heavy atom. The third-order valence-corrected chi connectivity index (χ3v) is 6.96. The summed E-state index contributed by atoms with van der Waals surface area (Å²) in [5.41, 5.74) is 4.10. The highest BCUT2D eigenvalue weighted by molar-refractivity contribution is 5.92. The number of benzene rings is 1. The van der Waals surface area contributed by atoms with Gasteiger partial charge in [-0.1, -0.05) is 20.8 Å². The van der Waals surface area contributed by atoms with Crippen molar-refractivity contribution in [2.45, 2.75) is 58.8 Å². The van der Waals surface area contributed by atoms with E-state index < -0.39 is 11.6 Å². The summed E-state index contributed by atoms with van der Waals surface area (Å²) in [5, 5.41) is 12.1. The van der Waals surface area contributed by atoms with Crippen molar-refractivity contribution in [2.75, 3.05) is 7.11 Å². The fraction of sp³-hybridized carbons (Fsp3) is 0.400. The smallest absolute Gasteiger partial charge is 0.343 e. The van der Waals surface area contributed by atoms with Crippen LogP contribution in [0.5, 0.6) is 5.75 Å². The molecule has 0 radical (unpaired) electrons. The first kappa shape index (κ1) is 20.7. The topological polar surface area (TPSA) is 90.7 Å². The van der Waals surface area contributed by atoms with Gasteiger partial charge in [-0.15, -0.1) is 0 Å². The number of hydrogen-bond donors (Lipinski definition) is 1. The van der Waals surface area contributed by atoms with Gasteiger partial charge in [0.05, 0.1) is 36.1 Å². The minimum absolute atomic E-state index is 0.125. The van der Waals surface area contributed by atoms with E-state index in [9.17, 15) is 14.7 Å². The molecule has 0 fully saturated rings. The number of rotatable bonds is 4. The summed E-state index contributed by atoms with van der Waals surface area (Å²) in [6.07, 6.45) is 1.71. The van der Waals surface area contributed by atoms with E-state index in [2.05, 4.69) is 13.8 Å². The number of esters is 1. The van der Waals surface area contributed by atoms with Crippen molar-refractivity contribution in [3.8, 4) is 17.1 Å². The molecule has 7 heteroatoms. The molecule has 7 nitrogen and oxygen atoms in total. The standard InChI is InChI=1S/C25H26N2O5/c1-5-13-15-11-27-19(10-17-16(23(27)28)12-32-24(29)25(17,30)7-3)22(15)26-18-8-9-20(31-4)14(6-2)21(13)18/h8-10,30H,5-7,11-12H2,1-4H3/t25-/m0/s1. The monoisotopic (exact) mass is 434 g/mol. The van der Waals surface area contributed by atoms with Crippen LogP contribution in [0.2, 0.25) is 0 Å². The van der Waals surface area contributed by atoms with Crippen molar-refractivity contribution < 1.29 is 19.4 Å². The minimum Gasteiger partial charge on any atom is -0.496 e. The van der Waals surface area contributed by atoms with Gasteiger partial charge in [0.1, 0.15) is 12.4 Å². The number of nitrogens with zero attached hydrogens (tertiary/aromatic N) is 2. The lowest BCUT2D eigenvalue weighted by atomic mass is 9.86. The number of cyclic esters (lactones) is 1. The first-order chi connectivity index (χ1) is 15.4. The molecule has 2 aromatic heterocycles. The van der Waals surface area contributed by atoms with Crippen molar-refractivity contribution in [2.24, 2.45) is 0 Å². The maximum absolute atomic E-state index is 13.4. The summed E-state index contributed by atoms with van der Waals surface area (Å²) in [7, 11) is 1.67. The van der Waals surface area contributed by atoms with Gasteiger partial charge in [-0.05, 0) is 43.0 Å². The fourth-order valence-electron chi connectivity index (χ4n) is 5.25. The van der Waals surface area contributed by atoms with Gasteiger partial charge in [0.15, 0.2) is 5.60 Å². The molecular weight excluding hydrogens is 408 g/mol. The van der Waals surface area contributed by atoms with Gasteiger partial charge in [-0.2, -0.15) is 0 Å². The number of methoxy groups -OCH3 is 1. The number of carbonyl (C=O) groups excluding carboxylic acids is 1. The molecule has 166 valence electrons. The summed E-state index contributed by atoms with van der Waals surface area (Å²) in [5.74, 6) is 0.124. The molecular formula is C25H26N2O5. The predicted octanol–water partition coefficient (Wildman–Crippen LogP) is 3.21. The summed E-state index contributed by atoms with van der Waals surface area (Å²) in [6, 6.07) is 5.64. The van der Waals surface area contributed by atoms with Crippen molar-refractivity contribution in [3.05, 3.63) is 56.4 Å². The molecule has 2 aliphatic rings. The Balaban J connectivity index is 1.84. The van der Waals surface area contributed by atoms with Crippen LogP contribution in [0, 0.1) is 0 Å². The van der Waals surface area contributed by atoms with Gasteiger partial charge in [-0.25, -0.2) is 9.78 Å². The summed E-state index contributed by atoms with van der Waals surface area (Å²) < 4.78 is 12.4. The number of aliphatic hydroxyl groups is 1. The van der Waals surface area contributed by atoms with E-state index in [1.807, 2.05) is 12.1 Å². The van der Waals surface area contributed by atoms with E-state index >= 15 is 0 Å². The van der Waals surface area contributed by atoms with E-state index in [0.29, 0.717) is 23.4 Å². The molecule has 1 aromatic carbocycles. The normalized spacial score (nSPS) is 18.8. The predicted molar refractivity (Wildman–Crippen MR) is 120 cm³/mol. The zero-order valence-electron chi connectivity index (χ0n) is 18.7. The van der Waals surface area contributed by atoms with E-state index in [-0.39, 0.29) is 18.6 Å². The lowest BCUT2D eigenvalue weighted by Gasteiger charge is -2.31. The molecule has 2 aliphatic heterocycles. The van der Waals surface area contributed by atoms with Crippen molar-refractivity contribution in [1.82, 2.24) is 9.55 Å². The second-order valence-electron chi connectivity index (χ2n) is 8.37. The average molecular weight is 434 g/mol. The number of ether oxygens (including phenoxy) is 2. The highest BCUT2D eigenvalue weighted by atomic mass is 16.6. The Morgan fingerprint density at radius 3 is 2.56 bits per heavy atom. The quantitative estimate of drug-likeness (QED) is 0.496. The van der Waals surface area contributed by atoms with Gasteiger partial charge >= 0.3 is 5.97 Å². The Labute approximate surface area is 185 Å². The third kappa shape index (κ3) is 2.54. The molecule has 0 bridgehead atoms. The van der Waals surface area contributed by atoms with Crippen molar-refractivity contribution in [3.63, 3.8) is 0 Å². The first-order valence-corrected chi connectivity index (χ1v) is 11.1. The number of aromatic nitrogens is 2. The molecule has 1 N–H and O–H groups in total. The van der Waals surface area contributed by atoms with Crippen LogP contribution in [-0.4, -0.2) is 27.7 Å². The van der Waals surface area contributed by atoms with Gasteiger partial charge in [0, 0.05) is 22.1 Å². The van der Waals surface area contributed by atoms with Crippen LogP contribution in [0.4, 0.5) is 0 Å². The molecule has 5 rings (SSSR count). The van der Waals surface area contributed by atoms with Crippen molar-refractivity contribution >= 4 is 16.9 Å². The van der Waals surface area contributed by atoms with E-state index in [1.165, 1.54) is 0 Å². The van der Waals surface area contributed by atoms with E-state index in [0.717, 1.165) is 51.9 Å². The van der Waals surface area contributed by atoms with Crippen LogP contribution in [0.15, 0.2) is 23.0 Å².